The lowest BCUT2D eigenvalue weighted by Crippen LogP contribution is -2.13. The van der Waals surface area contributed by atoms with Crippen molar-refractivity contribution in [3.8, 4) is 0 Å². The normalized spacial score (nSPS) is 20.7. The van der Waals surface area contributed by atoms with Gasteiger partial charge in [-0.25, -0.2) is 0 Å². The molecule has 1 aliphatic rings. The Morgan fingerprint density at radius 2 is 2.47 bits per heavy atom. The first kappa shape index (κ1) is 10.4. The summed E-state index contributed by atoms with van der Waals surface area (Å²) < 4.78 is 16.0. The number of carbonyl (C=O) groups is 1. The van der Waals surface area contributed by atoms with Crippen molar-refractivity contribution in [1.82, 2.24) is 0 Å². The Morgan fingerprint density at radius 1 is 1.53 bits per heavy atom. The molecular weight excluding hydrogens is 196 g/mol. The zero-order valence-corrected chi connectivity index (χ0v) is 8.48. The zero-order chi connectivity index (χ0) is 10.5. The van der Waals surface area contributed by atoms with Crippen LogP contribution in [0.5, 0.6) is 0 Å². The van der Waals surface area contributed by atoms with Crippen molar-refractivity contribution >= 4 is 6.29 Å². The van der Waals surface area contributed by atoms with Gasteiger partial charge in [0.1, 0.15) is 12.4 Å². The smallest absolute Gasteiger partial charge is 0.185 e. The highest BCUT2D eigenvalue weighted by molar-refractivity contribution is 5.70. The summed E-state index contributed by atoms with van der Waals surface area (Å²) >= 11 is 0. The van der Waals surface area contributed by atoms with Crippen molar-refractivity contribution in [3.05, 3.63) is 23.7 Å². The Balaban J connectivity index is 1.70. The number of ether oxygens (including phenoxy) is 2. The van der Waals surface area contributed by atoms with Crippen LogP contribution in [0.15, 0.2) is 16.5 Å². The second-order valence-corrected chi connectivity index (χ2v) is 3.57. The lowest BCUT2D eigenvalue weighted by molar-refractivity contribution is 0.00567. The van der Waals surface area contributed by atoms with Gasteiger partial charge >= 0.3 is 0 Å². The molecule has 1 atom stereocenters. The van der Waals surface area contributed by atoms with E-state index in [1.807, 2.05) is 0 Å². The second-order valence-electron chi connectivity index (χ2n) is 3.57. The second kappa shape index (κ2) is 5.09. The molecule has 1 aromatic rings. The summed E-state index contributed by atoms with van der Waals surface area (Å²) in [4.78, 5) is 10.3. The van der Waals surface area contributed by atoms with Gasteiger partial charge in [0.25, 0.3) is 0 Å². The van der Waals surface area contributed by atoms with Crippen LogP contribution in [0.1, 0.15) is 29.2 Å². The van der Waals surface area contributed by atoms with Crippen molar-refractivity contribution in [2.45, 2.75) is 25.6 Å². The molecule has 1 aromatic heterocycles. The van der Waals surface area contributed by atoms with Crippen molar-refractivity contribution in [2.24, 2.45) is 0 Å². The van der Waals surface area contributed by atoms with E-state index in [4.69, 9.17) is 13.9 Å². The van der Waals surface area contributed by atoms with Crippen LogP contribution in [0.2, 0.25) is 0 Å². The summed E-state index contributed by atoms with van der Waals surface area (Å²) in [5.41, 5.74) is 0. The average molecular weight is 210 g/mol. The predicted molar refractivity (Wildman–Crippen MR) is 52.7 cm³/mol. The van der Waals surface area contributed by atoms with E-state index in [0.29, 0.717) is 31.0 Å². The van der Waals surface area contributed by atoms with E-state index in [9.17, 15) is 4.79 Å². The van der Waals surface area contributed by atoms with E-state index in [1.54, 1.807) is 12.1 Å². The van der Waals surface area contributed by atoms with Gasteiger partial charge in [0, 0.05) is 6.61 Å². The van der Waals surface area contributed by atoms with Crippen molar-refractivity contribution < 1.29 is 18.7 Å². The summed E-state index contributed by atoms with van der Waals surface area (Å²) in [5, 5.41) is 0. The summed E-state index contributed by atoms with van der Waals surface area (Å²) in [5.74, 6) is 1.01. The molecule has 1 saturated heterocycles. The molecule has 0 aromatic carbocycles. The SMILES string of the molecule is O=Cc1ccc(COCC2CCCO2)o1. The molecule has 1 unspecified atom stereocenters. The minimum Gasteiger partial charge on any atom is -0.456 e. The number of carbonyl (C=O) groups excluding carboxylic acids is 1. The van der Waals surface area contributed by atoms with Crippen LogP contribution in [-0.4, -0.2) is 25.6 Å². The molecule has 1 aliphatic heterocycles. The van der Waals surface area contributed by atoms with Crippen LogP contribution in [0.3, 0.4) is 0 Å². The molecule has 2 heterocycles. The van der Waals surface area contributed by atoms with Gasteiger partial charge in [-0.05, 0) is 25.0 Å². The molecular formula is C11H14O4. The topological polar surface area (TPSA) is 48.7 Å². The fourth-order valence-corrected chi connectivity index (χ4v) is 1.60. The molecule has 0 amide bonds. The minimum atomic E-state index is 0.227. The van der Waals surface area contributed by atoms with Gasteiger partial charge in [-0.3, -0.25) is 4.79 Å². The van der Waals surface area contributed by atoms with Crippen LogP contribution >= 0.6 is 0 Å². The Kier molecular flexibility index (Phi) is 3.53. The maximum atomic E-state index is 10.3. The Labute approximate surface area is 88.2 Å². The van der Waals surface area contributed by atoms with Gasteiger partial charge < -0.3 is 13.9 Å². The van der Waals surface area contributed by atoms with Gasteiger partial charge in [0.2, 0.25) is 0 Å². The first-order valence-corrected chi connectivity index (χ1v) is 5.12. The fraction of sp³-hybridized carbons (Fsp3) is 0.545. The van der Waals surface area contributed by atoms with Gasteiger partial charge in [0.05, 0.1) is 12.7 Å². The third kappa shape index (κ3) is 2.91. The van der Waals surface area contributed by atoms with Crippen LogP contribution < -0.4 is 0 Å². The Bertz CT molecular complexity index is 312. The highest BCUT2D eigenvalue weighted by Crippen LogP contribution is 2.13. The van der Waals surface area contributed by atoms with Crippen molar-refractivity contribution in [1.29, 1.82) is 0 Å². The molecule has 4 nitrogen and oxygen atoms in total. The minimum absolute atomic E-state index is 0.227. The Morgan fingerprint density at radius 3 is 3.13 bits per heavy atom. The van der Waals surface area contributed by atoms with E-state index in [-0.39, 0.29) is 6.10 Å². The molecule has 0 bridgehead atoms. The molecule has 0 spiro atoms. The summed E-state index contributed by atoms with van der Waals surface area (Å²) in [7, 11) is 0. The van der Waals surface area contributed by atoms with Gasteiger partial charge in [-0.1, -0.05) is 0 Å². The first-order valence-electron chi connectivity index (χ1n) is 5.12. The zero-order valence-electron chi connectivity index (χ0n) is 8.48. The molecule has 1 fully saturated rings. The highest BCUT2D eigenvalue weighted by atomic mass is 16.5. The molecule has 15 heavy (non-hydrogen) atoms. The monoisotopic (exact) mass is 210 g/mol. The van der Waals surface area contributed by atoms with Gasteiger partial charge in [-0.2, -0.15) is 0 Å². The summed E-state index contributed by atoms with van der Waals surface area (Å²) in [6.45, 7) is 1.83. The maximum absolute atomic E-state index is 10.3. The van der Waals surface area contributed by atoms with E-state index in [2.05, 4.69) is 0 Å². The number of furan rings is 1. The van der Waals surface area contributed by atoms with E-state index in [1.165, 1.54) is 0 Å². The van der Waals surface area contributed by atoms with E-state index in [0.717, 1.165) is 19.4 Å². The standard InChI is InChI=1S/C11H14O4/c12-6-9-3-4-11(15-9)8-13-7-10-2-1-5-14-10/h3-4,6,10H,1-2,5,7-8H2. The number of aldehydes is 1. The van der Waals surface area contributed by atoms with Crippen LogP contribution in [0.4, 0.5) is 0 Å². The first-order chi connectivity index (χ1) is 7.38. The van der Waals surface area contributed by atoms with E-state index >= 15 is 0 Å². The molecule has 0 radical (unpaired) electrons. The van der Waals surface area contributed by atoms with Gasteiger partial charge in [0.15, 0.2) is 12.0 Å². The number of hydrogen-bond acceptors (Lipinski definition) is 4. The lowest BCUT2D eigenvalue weighted by Gasteiger charge is -2.08. The van der Waals surface area contributed by atoms with E-state index < -0.39 is 0 Å². The van der Waals surface area contributed by atoms with Crippen LogP contribution in [-0.2, 0) is 16.1 Å². The predicted octanol–water partition coefficient (Wildman–Crippen LogP) is 1.79. The maximum Gasteiger partial charge on any atom is 0.185 e. The summed E-state index contributed by atoms with van der Waals surface area (Å²) in [6.07, 6.45) is 3.09. The van der Waals surface area contributed by atoms with Crippen LogP contribution in [0.25, 0.3) is 0 Å². The van der Waals surface area contributed by atoms with Crippen LogP contribution in [0, 0.1) is 0 Å². The van der Waals surface area contributed by atoms with Gasteiger partial charge in [-0.15, -0.1) is 0 Å². The third-order valence-corrected chi connectivity index (χ3v) is 2.37. The largest absolute Gasteiger partial charge is 0.456 e. The molecule has 0 N–H and O–H groups in total. The fourth-order valence-electron chi connectivity index (χ4n) is 1.60. The summed E-state index contributed by atoms with van der Waals surface area (Å²) in [6, 6.07) is 3.39. The average Bonchev–Trinajstić information content (AvgIpc) is 2.88. The highest BCUT2D eigenvalue weighted by Gasteiger charge is 2.15. The van der Waals surface area contributed by atoms with Crippen molar-refractivity contribution in [3.63, 3.8) is 0 Å². The third-order valence-electron chi connectivity index (χ3n) is 2.37. The number of rotatable bonds is 5. The molecule has 0 aliphatic carbocycles. The Hall–Kier alpha value is -1.13. The molecule has 2 rings (SSSR count). The quantitative estimate of drug-likeness (QED) is 0.695. The molecule has 82 valence electrons. The number of hydrogen-bond donors (Lipinski definition) is 0. The van der Waals surface area contributed by atoms with Crippen molar-refractivity contribution in [2.75, 3.05) is 13.2 Å². The molecule has 4 heteroatoms. The lowest BCUT2D eigenvalue weighted by atomic mass is 10.2. The molecule has 0 saturated carbocycles.